The van der Waals surface area contributed by atoms with Crippen molar-refractivity contribution in [2.75, 3.05) is 20.3 Å². The van der Waals surface area contributed by atoms with Gasteiger partial charge in [0.1, 0.15) is 0 Å². The monoisotopic (exact) mass is 291 g/mol. The van der Waals surface area contributed by atoms with Gasteiger partial charge < -0.3 is 14.8 Å². The lowest BCUT2D eigenvalue weighted by Crippen LogP contribution is -2.26. The molecular weight excluding hydrogens is 262 g/mol. The van der Waals surface area contributed by atoms with Crippen LogP contribution in [0.25, 0.3) is 0 Å². The molecule has 118 valence electrons. The lowest BCUT2D eigenvalue weighted by molar-refractivity contribution is 0.285. The number of allylic oxidation sites excluding steroid dienone is 1. The number of ether oxygens (including phenoxy) is 2. The molecule has 1 atom stereocenters. The van der Waals surface area contributed by atoms with Crippen LogP contribution in [0.15, 0.2) is 30.9 Å². The van der Waals surface area contributed by atoms with E-state index < -0.39 is 0 Å². The van der Waals surface area contributed by atoms with E-state index in [1.165, 1.54) is 12.0 Å². The molecule has 0 aliphatic carbocycles. The summed E-state index contributed by atoms with van der Waals surface area (Å²) in [4.78, 5) is 0. The summed E-state index contributed by atoms with van der Waals surface area (Å²) in [5.74, 6) is 1.62. The minimum Gasteiger partial charge on any atom is -0.493 e. The van der Waals surface area contributed by atoms with Crippen LogP contribution in [0.5, 0.6) is 11.5 Å². The Kier molecular flexibility index (Phi) is 8.60. The highest BCUT2D eigenvalue weighted by molar-refractivity contribution is 5.43. The van der Waals surface area contributed by atoms with E-state index in [1.54, 1.807) is 7.11 Å². The number of nitrogens with one attached hydrogen (secondary N) is 1. The van der Waals surface area contributed by atoms with Gasteiger partial charge in [0.05, 0.1) is 13.7 Å². The van der Waals surface area contributed by atoms with Crippen molar-refractivity contribution in [3.63, 3.8) is 0 Å². The molecule has 0 saturated carbocycles. The topological polar surface area (TPSA) is 30.5 Å². The van der Waals surface area contributed by atoms with Crippen LogP contribution >= 0.6 is 0 Å². The van der Waals surface area contributed by atoms with Gasteiger partial charge in [-0.15, -0.1) is 6.58 Å². The maximum Gasteiger partial charge on any atom is 0.161 e. The van der Waals surface area contributed by atoms with E-state index in [-0.39, 0.29) is 0 Å². The van der Waals surface area contributed by atoms with Crippen molar-refractivity contribution in [2.24, 2.45) is 0 Å². The fourth-order valence-corrected chi connectivity index (χ4v) is 2.03. The van der Waals surface area contributed by atoms with Gasteiger partial charge in [-0.1, -0.05) is 19.1 Å². The third-order valence-corrected chi connectivity index (χ3v) is 3.54. The third-order valence-electron chi connectivity index (χ3n) is 3.54. The molecule has 21 heavy (non-hydrogen) atoms. The van der Waals surface area contributed by atoms with Gasteiger partial charge in [-0.3, -0.25) is 0 Å². The number of benzene rings is 1. The summed E-state index contributed by atoms with van der Waals surface area (Å²) in [6, 6.07) is 6.66. The summed E-state index contributed by atoms with van der Waals surface area (Å²) in [7, 11) is 1.68. The van der Waals surface area contributed by atoms with Gasteiger partial charge in [0.15, 0.2) is 11.5 Å². The summed E-state index contributed by atoms with van der Waals surface area (Å²) in [5.41, 5.74) is 1.19. The highest BCUT2D eigenvalue weighted by atomic mass is 16.5. The minimum atomic E-state index is 0.600. The highest BCUT2D eigenvalue weighted by Crippen LogP contribution is 2.28. The Bertz CT molecular complexity index is 418. The second-order valence-electron chi connectivity index (χ2n) is 5.30. The van der Waals surface area contributed by atoms with Gasteiger partial charge in [0, 0.05) is 6.04 Å². The molecule has 0 aliphatic rings. The predicted octanol–water partition coefficient (Wildman–Crippen LogP) is 3.97. The molecule has 0 saturated heterocycles. The smallest absolute Gasteiger partial charge is 0.161 e. The molecule has 3 heteroatoms. The van der Waals surface area contributed by atoms with E-state index in [4.69, 9.17) is 9.47 Å². The minimum absolute atomic E-state index is 0.600. The molecule has 0 bridgehead atoms. The SMILES string of the molecule is C=CCc1ccc(OCCCCN[C@H](C)CC)c(OC)c1. The van der Waals surface area contributed by atoms with Crippen LogP contribution < -0.4 is 14.8 Å². The number of unbranched alkanes of at least 4 members (excludes halogenated alkanes) is 1. The van der Waals surface area contributed by atoms with Crippen LogP contribution in [0.2, 0.25) is 0 Å². The van der Waals surface area contributed by atoms with E-state index >= 15 is 0 Å². The van der Waals surface area contributed by atoms with Gasteiger partial charge >= 0.3 is 0 Å². The zero-order valence-electron chi connectivity index (χ0n) is 13.7. The van der Waals surface area contributed by atoms with Crippen LogP contribution in [-0.2, 0) is 6.42 Å². The largest absolute Gasteiger partial charge is 0.493 e. The predicted molar refractivity (Wildman–Crippen MR) is 89.4 cm³/mol. The molecule has 0 heterocycles. The van der Waals surface area contributed by atoms with E-state index in [2.05, 4.69) is 31.8 Å². The summed E-state index contributed by atoms with van der Waals surface area (Å²) in [6.45, 7) is 9.94. The molecule has 1 aromatic carbocycles. The summed E-state index contributed by atoms with van der Waals surface area (Å²) < 4.78 is 11.2. The van der Waals surface area contributed by atoms with Crippen molar-refractivity contribution < 1.29 is 9.47 Å². The van der Waals surface area contributed by atoms with E-state index in [0.717, 1.165) is 43.9 Å². The molecule has 3 nitrogen and oxygen atoms in total. The van der Waals surface area contributed by atoms with Crippen molar-refractivity contribution >= 4 is 0 Å². The molecule has 1 aromatic rings. The van der Waals surface area contributed by atoms with E-state index in [0.29, 0.717) is 6.04 Å². The van der Waals surface area contributed by atoms with Crippen molar-refractivity contribution in [1.82, 2.24) is 5.32 Å². The maximum atomic E-state index is 5.82. The molecule has 0 amide bonds. The Morgan fingerprint density at radius 2 is 2.10 bits per heavy atom. The Hall–Kier alpha value is -1.48. The van der Waals surface area contributed by atoms with E-state index in [1.807, 2.05) is 18.2 Å². The molecule has 0 spiro atoms. The van der Waals surface area contributed by atoms with Crippen LogP contribution in [0, 0.1) is 0 Å². The van der Waals surface area contributed by atoms with Gasteiger partial charge in [0.2, 0.25) is 0 Å². The molecule has 0 unspecified atom stereocenters. The van der Waals surface area contributed by atoms with Crippen LogP contribution in [-0.4, -0.2) is 26.3 Å². The van der Waals surface area contributed by atoms with Crippen molar-refractivity contribution in [3.8, 4) is 11.5 Å². The van der Waals surface area contributed by atoms with Crippen molar-refractivity contribution in [3.05, 3.63) is 36.4 Å². The van der Waals surface area contributed by atoms with Crippen molar-refractivity contribution in [2.45, 2.75) is 45.6 Å². The first kappa shape index (κ1) is 17.6. The van der Waals surface area contributed by atoms with Gasteiger partial charge in [-0.2, -0.15) is 0 Å². The summed E-state index contributed by atoms with van der Waals surface area (Å²) >= 11 is 0. The van der Waals surface area contributed by atoms with Crippen LogP contribution in [0.4, 0.5) is 0 Å². The summed E-state index contributed by atoms with van der Waals surface area (Å²) in [5, 5.41) is 3.49. The first-order valence-corrected chi connectivity index (χ1v) is 7.85. The molecule has 1 rings (SSSR count). The molecule has 0 fully saturated rings. The quantitative estimate of drug-likeness (QED) is 0.494. The first-order chi connectivity index (χ1) is 10.2. The Morgan fingerprint density at radius 3 is 2.76 bits per heavy atom. The Morgan fingerprint density at radius 1 is 1.29 bits per heavy atom. The van der Waals surface area contributed by atoms with E-state index in [9.17, 15) is 0 Å². The first-order valence-electron chi connectivity index (χ1n) is 7.85. The third kappa shape index (κ3) is 6.67. The lowest BCUT2D eigenvalue weighted by atomic mass is 10.1. The molecular formula is C18H29NO2. The van der Waals surface area contributed by atoms with Gasteiger partial charge in [0.25, 0.3) is 0 Å². The second-order valence-corrected chi connectivity index (χ2v) is 5.30. The Labute approximate surface area is 129 Å². The highest BCUT2D eigenvalue weighted by Gasteiger charge is 2.05. The molecule has 1 N–H and O–H groups in total. The number of hydrogen-bond acceptors (Lipinski definition) is 3. The maximum absolute atomic E-state index is 5.82. The number of hydrogen-bond donors (Lipinski definition) is 1. The average Bonchev–Trinajstić information content (AvgIpc) is 2.51. The number of methoxy groups -OCH3 is 1. The van der Waals surface area contributed by atoms with Crippen molar-refractivity contribution in [1.29, 1.82) is 0 Å². The Balaban J connectivity index is 2.32. The second kappa shape index (κ2) is 10.3. The van der Waals surface area contributed by atoms with Gasteiger partial charge in [-0.05, 0) is 56.8 Å². The summed E-state index contributed by atoms with van der Waals surface area (Å²) in [6.07, 6.45) is 6.07. The fraction of sp³-hybridized carbons (Fsp3) is 0.556. The lowest BCUT2D eigenvalue weighted by Gasteiger charge is -2.13. The zero-order valence-corrected chi connectivity index (χ0v) is 13.7. The van der Waals surface area contributed by atoms with Gasteiger partial charge in [-0.25, -0.2) is 0 Å². The van der Waals surface area contributed by atoms with Crippen LogP contribution in [0.3, 0.4) is 0 Å². The fourth-order valence-electron chi connectivity index (χ4n) is 2.03. The standard InChI is InChI=1S/C18H29NO2/c1-5-9-16-10-11-17(18(14-16)20-4)21-13-8-7-12-19-15(3)6-2/h5,10-11,14-15,19H,1,6-9,12-13H2,2-4H3/t15-/m1/s1. The molecule has 0 aliphatic heterocycles. The molecule has 0 radical (unpaired) electrons. The number of rotatable bonds is 11. The molecule has 0 aromatic heterocycles. The van der Waals surface area contributed by atoms with Crippen LogP contribution in [0.1, 0.15) is 38.7 Å². The average molecular weight is 291 g/mol. The zero-order chi connectivity index (χ0) is 15.5. The normalized spacial score (nSPS) is 12.0.